The van der Waals surface area contributed by atoms with Crippen molar-refractivity contribution in [1.29, 1.82) is 0 Å². The number of thiazole rings is 1. The van der Waals surface area contributed by atoms with Gasteiger partial charge in [0.25, 0.3) is 5.91 Å². The standard InChI is InChI=1S/C20H20N4O4S/c1-27-11-19-21-16(12-29-19)20(26)28-10-18(25)22-17-9-15(13-7-8-13)23-24(17)14-5-3-2-4-6-14/h2-6,9,12-13H,7-8,10-11H2,1H3,(H,22,25). The Hall–Kier alpha value is -3.04. The van der Waals surface area contributed by atoms with E-state index in [1.807, 2.05) is 36.4 Å². The fourth-order valence-corrected chi connectivity index (χ4v) is 3.54. The Morgan fingerprint density at radius 2 is 2.07 bits per heavy atom. The van der Waals surface area contributed by atoms with Crippen molar-refractivity contribution in [2.45, 2.75) is 25.4 Å². The van der Waals surface area contributed by atoms with Gasteiger partial charge in [-0.05, 0) is 25.0 Å². The second-order valence-electron chi connectivity index (χ2n) is 6.66. The molecule has 3 aromatic rings. The van der Waals surface area contributed by atoms with E-state index in [0.29, 0.717) is 23.4 Å². The zero-order valence-electron chi connectivity index (χ0n) is 15.8. The third kappa shape index (κ3) is 4.69. The summed E-state index contributed by atoms with van der Waals surface area (Å²) in [6.45, 7) is -0.0834. The van der Waals surface area contributed by atoms with Crippen LogP contribution in [0.15, 0.2) is 41.8 Å². The van der Waals surface area contributed by atoms with Gasteiger partial charge in [-0.1, -0.05) is 18.2 Å². The lowest BCUT2D eigenvalue weighted by molar-refractivity contribution is -0.119. The topological polar surface area (TPSA) is 95.3 Å². The van der Waals surface area contributed by atoms with Gasteiger partial charge in [-0.2, -0.15) is 5.10 Å². The Balaban J connectivity index is 1.41. The Bertz CT molecular complexity index is 1010. The minimum atomic E-state index is -0.644. The van der Waals surface area contributed by atoms with Crippen LogP contribution in [0.3, 0.4) is 0 Å². The van der Waals surface area contributed by atoms with Crippen LogP contribution in [-0.4, -0.2) is 40.4 Å². The van der Waals surface area contributed by atoms with Crippen LogP contribution in [0.2, 0.25) is 0 Å². The molecule has 0 unspecified atom stereocenters. The molecule has 0 bridgehead atoms. The summed E-state index contributed by atoms with van der Waals surface area (Å²) >= 11 is 1.30. The quantitative estimate of drug-likeness (QED) is 0.571. The van der Waals surface area contributed by atoms with Crippen LogP contribution < -0.4 is 5.32 Å². The normalized spacial score (nSPS) is 13.3. The van der Waals surface area contributed by atoms with Crippen LogP contribution in [0, 0.1) is 0 Å². The number of rotatable bonds is 8. The van der Waals surface area contributed by atoms with Crippen molar-refractivity contribution in [3.8, 4) is 5.69 Å². The average Bonchev–Trinajstić information content (AvgIpc) is 3.34. The van der Waals surface area contributed by atoms with Crippen molar-refractivity contribution in [2.75, 3.05) is 19.0 Å². The summed E-state index contributed by atoms with van der Waals surface area (Å²) in [5.74, 6) is -0.0892. The molecule has 1 aliphatic rings. The third-order valence-electron chi connectivity index (χ3n) is 4.36. The highest BCUT2D eigenvalue weighted by Crippen LogP contribution is 2.40. The lowest BCUT2D eigenvalue weighted by Crippen LogP contribution is -2.22. The molecule has 0 atom stereocenters. The predicted octanol–water partition coefficient (Wildman–Crippen LogP) is 3.15. The molecular formula is C20H20N4O4S. The molecule has 1 aliphatic carbocycles. The van der Waals surface area contributed by atoms with Crippen molar-refractivity contribution in [1.82, 2.24) is 14.8 Å². The van der Waals surface area contributed by atoms with Crippen molar-refractivity contribution in [2.24, 2.45) is 0 Å². The molecule has 0 spiro atoms. The molecule has 1 saturated carbocycles. The van der Waals surface area contributed by atoms with E-state index in [0.717, 1.165) is 24.2 Å². The molecule has 1 N–H and O–H groups in total. The minimum Gasteiger partial charge on any atom is -0.451 e. The maximum Gasteiger partial charge on any atom is 0.358 e. The van der Waals surface area contributed by atoms with Crippen LogP contribution in [0.5, 0.6) is 0 Å². The summed E-state index contributed by atoms with van der Waals surface area (Å²) < 4.78 is 11.8. The van der Waals surface area contributed by atoms with Gasteiger partial charge in [-0.3, -0.25) is 4.79 Å². The molecule has 2 aromatic heterocycles. The number of nitrogens with one attached hydrogen (secondary N) is 1. The van der Waals surface area contributed by atoms with Crippen LogP contribution in [0.1, 0.15) is 39.9 Å². The number of carbonyl (C=O) groups is 2. The van der Waals surface area contributed by atoms with E-state index in [2.05, 4.69) is 15.4 Å². The second kappa shape index (κ2) is 8.54. The maximum absolute atomic E-state index is 12.4. The molecule has 0 aliphatic heterocycles. The highest BCUT2D eigenvalue weighted by molar-refractivity contribution is 7.09. The van der Waals surface area contributed by atoms with E-state index < -0.39 is 18.5 Å². The van der Waals surface area contributed by atoms with Gasteiger partial charge in [0.2, 0.25) is 0 Å². The first-order valence-corrected chi connectivity index (χ1v) is 10.1. The van der Waals surface area contributed by atoms with E-state index in [9.17, 15) is 9.59 Å². The lowest BCUT2D eigenvalue weighted by atomic mass is 10.3. The number of para-hydroxylation sites is 1. The van der Waals surface area contributed by atoms with Gasteiger partial charge < -0.3 is 14.8 Å². The number of hydrogen-bond acceptors (Lipinski definition) is 7. The van der Waals surface area contributed by atoms with Gasteiger partial charge in [-0.15, -0.1) is 11.3 Å². The lowest BCUT2D eigenvalue weighted by Gasteiger charge is -2.09. The van der Waals surface area contributed by atoms with Gasteiger partial charge in [0.1, 0.15) is 10.8 Å². The molecule has 0 saturated heterocycles. The molecule has 4 rings (SSSR count). The molecule has 29 heavy (non-hydrogen) atoms. The van der Waals surface area contributed by atoms with Crippen LogP contribution in [0.4, 0.5) is 5.82 Å². The van der Waals surface area contributed by atoms with E-state index in [1.54, 1.807) is 17.2 Å². The SMILES string of the molecule is COCc1nc(C(=O)OCC(=O)Nc2cc(C3CC3)nn2-c2ccccc2)cs1. The van der Waals surface area contributed by atoms with Crippen LogP contribution in [-0.2, 0) is 20.9 Å². The Labute approximate surface area is 171 Å². The first kappa shape index (κ1) is 19.3. The fraction of sp³-hybridized carbons (Fsp3) is 0.300. The first-order chi connectivity index (χ1) is 14.1. The van der Waals surface area contributed by atoms with Crippen molar-refractivity contribution in [3.63, 3.8) is 0 Å². The predicted molar refractivity (Wildman–Crippen MR) is 107 cm³/mol. The third-order valence-corrected chi connectivity index (χ3v) is 5.18. The number of nitrogens with zero attached hydrogens (tertiary/aromatic N) is 3. The summed E-state index contributed by atoms with van der Waals surface area (Å²) in [6.07, 6.45) is 2.21. The molecule has 150 valence electrons. The number of ether oxygens (including phenoxy) is 2. The molecule has 0 radical (unpaired) electrons. The van der Waals surface area contributed by atoms with Gasteiger partial charge in [-0.25, -0.2) is 14.5 Å². The number of aromatic nitrogens is 3. The zero-order chi connectivity index (χ0) is 20.2. The monoisotopic (exact) mass is 412 g/mol. The average molecular weight is 412 g/mol. The van der Waals surface area contributed by atoms with Gasteiger partial charge in [0.05, 0.1) is 18.0 Å². The molecule has 1 amide bonds. The van der Waals surface area contributed by atoms with Crippen LogP contribution in [0.25, 0.3) is 5.69 Å². The Morgan fingerprint density at radius 3 is 2.79 bits per heavy atom. The zero-order valence-corrected chi connectivity index (χ0v) is 16.6. The molecule has 1 fully saturated rings. The van der Waals surface area contributed by atoms with Crippen molar-refractivity contribution in [3.05, 3.63) is 58.2 Å². The molecule has 2 heterocycles. The Morgan fingerprint density at radius 1 is 1.28 bits per heavy atom. The van der Waals surface area contributed by atoms with E-state index in [-0.39, 0.29) is 5.69 Å². The van der Waals surface area contributed by atoms with Gasteiger partial charge in [0, 0.05) is 24.5 Å². The van der Waals surface area contributed by atoms with Gasteiger partial charge >= 0.3 is 5.97 Å². The minimum absolute atomic E-state index is 0.167. The largest absolute Gasteiger partial charge is 0.451 e. The van der Waals surface area contributed by atoms with E-state index in [4.69, 9.17) is 9.47 Å². The number of methoxy groups -OCH3 is 1. The number of esters is 1. The summed E-state index contributed by atoms with van der Waals surface area (Å²) in [5, 5.41) is 9.68. The van der Waals surface area contributed by atoms with E-state index >= 15 is 0 Å². The van der Waals surface area contributed by atoms with Crippen molar-refractivity contribution < 1.29 is 19.1 Å². The maximum atomic E-state index is 12.4. The first-order valence-electron chi connectivity index (χ1n) is 9.19. The number of amides is 1. The fourth-order valence-electron chi connectivity index (χ4n) is 2.81. The smallest absolute Gasteiger partial charge is 0.358 e. The Kier molecular flexibility index (Phi) is 5.68. The number of carbonyl (C=O) groups excluding carboxylic acids is 2. The summed E-state index contributed by atoms with van der Waals surface area (Å²) in [7, 11) is 1.55. The van der Waals surface area contributed by atoms with Gasteiger partial charge in [0.15, 0.2) is 12.3 Å². The molecule has 1 aromatic carbocycles. The molecule has 9 heteroatoms. The summed E-state index contributed by atoms with van der Waals surface area (Å²) in [4.78, 5) is 28.6. The van der Waals surface area contributed by atoms with Crippen LogP contribution >= 0.6 is 11.3 Å². The molecular weight excluding hydrogens is 392 g/mol. The van der Waals surface area contributed by atoms with E-state index in [1.165, 1.54) is 11.3 Å². The number of benzene rings is 1. The summed E-state index contributed by atoms with van der Waals surface area (Å²) in [5.41, 5.74) is 1.97. The highest BCUT2D eigenvalue weighted by atomic mass is 32.1. The molecule has 8 nitrogen and oxygen atoms in total. The summed E-state index contributed by atoms with van der Waals surface area (Å²) in [6, 6.07) is 11.4. The number of hydrogen-bond donors (Lipinski definition) is 1. The highest BCUT2D eigenvalue weighted by Gasteiger charge is 2.28. The number of anilines is 1. The second-order valence-corrected chi connectivity index (χ2v) is 7.60. The van der Waals surface area contributed by atoms with Crippen molar-refractivity contribution >= 4 is 29.0 Å².